The summed E-state index contributed by atoms with van der Waals surface area (Å²) in [6.07, 6.45) is -0.932. The molecule has 2 unspecified atom stereocenters. The van der Waals surface area contributed by atoms with Crippen LogP contribution in [0, 0.1) is 6.92 Å². The van der Waals surface area contributed by atoms with Crippen molar-refractivity contribution in [3.05, 3.63) is 28.8 Å². The van der Waals surface area contributed by atoms with Gasteiger partial charge in [-0.3, -0.25) is 4.79 Å². The average molecular weight is 316 g/mol. The molecule has 0 aliphatic heterocycles. The number of rotatable bonds is 7. The number of aliphatic hydroxyl groups excluding tert-OH is 1. The van der Waals surface area contributed by atoms with Crippen molar-refractivity contribution in [2.24, 2.45) is 0 Å². The van der Waals surface area contributed by atoms with E-state index in [1.807, 2.05) is 0 Å². The van der Waals surface area contributed by atoms with Crippen molar-refractivity contribution in [2.75, 3.05) is 6.61 Å². The number of halogens is 1. The Balaban J connectivity index is 2.67. The van der Waals surface area contributed by atoms with Crippen molar-refractivity contribution in [2.45, 2.75) is 32.4 Å². The van der Waals surface area contributed by atoms with Gasteiger partial charge in [-0.25, -0.2) is 4.79 Å². The van der Waals surface area contributed by atoms with Crippen molar-refractivity contribution in [3.8, 4) is 5.75 Å². The standard InChI is InChI=1S/C14H18ClNO5/c1-8-7-10(15)3-4-12(8)21-9(2)13(18)16-11(5-6-17)14(19)20/h3-4,7,9,11,17H,5-6H2,1-2H3,(H,16,18)(H,19,20). The minimum absolute atomic E-state index is 0.0617. The van der Waals surface area contributed by atoms with E-state index in [0.717, 1.165) is 5.56 Å². The lowest BCUT2D eigenvalue weighted by Crippen LogP contribution is -2.46. The normalized spacial score (nSPS) is 13.3. The first-order valence-electron chi connectivity index (χ1n) is 6.42. The van der Waals surface area contributed by atoms with Crippen LogP contribution in [0.15, 0.2) is 18.2 Å². The molecule has 1 rings (SSSR count). The summed E-state index contributed by atoms with van der Waals surface area (Å²) in [5, 5.41) is 20.6. The predicted molar refractivity (Wildman–Crippen MR) is 77.5 cm³/mol. The highest BCUT2D eigenvalue weighted by molar-refractivity contribution is 6.30. The van der Waals surface area contributed by atoms with Gasteiger partial charge in [-0.2, -0.15) is 0 Å². The molecule has 0 fully saturated rings. The number of ether oxygens (including phenoxy) is 1. The van der Waals surface area contributed by atoms with E-state index in [1.54, 1.807) is 25.1 Å². The van der Waals surface area contributed by atoms with Gasteiger partial charge in [-0.1, -0.05) is 11.6 Å². The molecule has 0 spiro atoms. The fraction of sp³-hybridized carbons (Fsp3) is 0.429. The van der Waals surface area contributed by atoms with E-state index >= 15 is 0 Å². The van der Waals surface area contributed by atoms with Crippen molar-refractivity contribution < 1.29 is 24.5 Å². The highest BCUT2D eigenvalue weighted by Crippen LogP contribution is 2.22. The lowest BCUT2D eigenvalue weighted by Gasteiger charge is -2.19. The maximum atomic E-state index is 11.9. The molecule has 6 nitrogen and oxygen atoms in total. The molecule has 0 bridgehead atoms. The number of hydrogen-bond donors (Lipinski definition) is 3. The van der Waals surface area contributed by atoms with E-state index < -0.39 is 24.0 Å². The summed E-state index contributed by atoms with van der Waals surface area (Å²) in [5.74, 6) is -1.27. The highest BCUT2D eigenvalue weighted by atomic mass is 35.5. The zero-order valence-electron chi connectivity index (χ0n) is 11.8. The van der Waals surface area contributed by atoms with Gasteiger partial charge >= 0.3 is 5.97 Å². The Morgan fingerprint density at radius 1 is 1.43 bits per heavy atom. The summed E-state index contributed by atoms with van der Waals surface area (Å²) in [6, 6.07) is 3.84. The Bertz CT molecular complexity index is 520. The van der Waals surface area contributed by atoms with Crippen molar-refractivity contribution in [1.29, 1.82) is 0 Å². The third-order valence-corrected chi connectivity index (χ3v) is 3.08. The molecule has 1 amide bonds. The first-order chi connectivity index (χ1) is 9.85. The summed E-state index contributed by atoms with van der Waals surface area (Å²) in [6.45, 7) is 2.97. The number of benzene rings is 1. The van der Waals surface area contributed by atoms with Crippen LogP contribution in [0.4, 0.5) is 0 Å². The number of aryl methyl sites for hydroxylation is 1. The molecule has 0 saturated carbocycles. The summed E-state index contributed by atoms with van der Waals surface area (Å²) in [7, 11) is 0. The maximum absolute atomic E-state index is 11.9. The van der Waals surface area contributed by atoms with Crippen LogP contribution in [0.5, 0.6) is 5.75 Å². The number of aliphatic carboxylic acids is 1. The van der Waals surface area contributed by atoms with Crippen LogP contribution in [0.1, 0.15) is 18.9 Å². The number of amides is 1. The van der Waals surface area contributed by atoms with E-state index in [9.17, 15) is 9.59 Å². The molecule has 1 aromatic rings. The molecule has 116 valence electrons. The summed E-state index contributed by atoms with van der Waals surface area (Å²) in [5.41, 5.74) is 0.771. The molecule has 0 heterocycles. The van der Waals surface area contributed by atoms with Gasteiger partial charge < -0.3 is 20.3 Å². The highest BCUT2D eigenvalue weighted by Gasteiger charge is 2.23. The van der Waals surface area contributed by atoms with E-state index in [-0.39, 0.29) is 13.0 Å². The van der Waals surface area contributed by atoms with E-state index in [1.165, 1.54) is 6.92 Å². The topological polar surface area (TPSA) is 95.9 Å². The monoisotopic (exact) mass is 315 g/mol. The van der Waals surface area contributed by atoms with Crippen LogP contribution in [0.3, 0.4) is 0 Å². The van der Waals surface area contributed by atoms with Crippen molar-refractivity contribution >= 4 is 23.5 Å². The first-order valence-corrected chi connectivity index (χ1v) is 6.79. The second-order valence-electron chi connectivity index (χ2n) is 4.58. The Kier molecular flexibility index (Phi) is 6.45. The van der Waals surface area contributed by atoms with Gasteiger partial charge in [0.05, 0.1) is 0 Å². The van der Waals surface area contributed by atoms with E-state index in [0.29, 0.717) is 10.8 Å². The lowest BCUT2D eigenvalue weighted by molar-refractivity contribution is -0.143. The fourth-order valence-corrected chi connectivity index (χ4v) is 1.89. The average Bonchev–Trinajstić information content (AvgIpc) is 2.41. The van der Waals surface area contributed by atoms with Crippen LogP contribution in [-0.2, 0) is 9.59 Å². The third kappa shape index (κ3) is 5.24. The molecule has 0 aromatic heterocycles. The molecule has 0 aliphatic rings. The van der Waals surface area contributed by atoms with Gasteiger partial charge in [0.1, 0.15) is 11.8 Å². The van der Waals surface area contributed by atoms with Crippen LogP contribution in [0.25, 0.3) is 0 Å². The molecule has 7 heteroatoms. The van der Waals surface area contributed by atoms with Gasteiger partial charge in [0, 0.05) is 18.1 Å². The number of carbonyl (C=O) groups excluding carboxylic acids is 1. The Morgan fingerprint density at radius 3 is 2.62 bits per heavy atom. The van der Waals surface area contributed by atoms with Crippen LogP contribution in [-0.4, -0.2) is 40.8 Å². The Morgan fingerprint density at radius 2 is 2.10 bits per heavy atom. The number of carboxylic acids is 1. The van der Waals surface area contributed by atoms with Gasteiger partial charge in [0.25, 0.3) is 5.91 Å². The number of carbonyl (C=O) groups is 2. The predicted octanol–water partition coefficient (Wildman–Crippen LogP) is 1.37. The number of hydrogen-bond acceptors (Lipinski definition) is 4. The number of aliphatic hydroxyl groups is 1. The van der Waals surface area contributed by atoms with Gasteiger partial charge in [-0.05, 0) is 37.6 Å². The zero-order valence-corrected chi connectivity index (χ0v) is 12.6. The second-order valence-corrected chi connectivity index (χ2v) is 5.02. The Labute approximate surface area is 127 Å². The molecule has 21 heavy (non-hydrogen) atoms. The molecule has 0 aliphatic carbocycles. The van der Waals surface area contributed by atoms with E-state index in [2.05, 4.69) is 5.32 Å². The van der Waals surface area contributed by atoms with Gasteiger partial charge in [0.15, 0.2) is 6.10 Å². The van der Waals surface area contributed by atoms with Crippen LogP contribution in [0.2, 0.25) is 5.02 Å². The minimum atomic E-state index is -1.20. The molecule has 1 aromatic carbocycles. The molecule has 3 N–H and O–H groups in total. The molecular weight excluding hydrogens is 298 g/mol. The smallest absolute Gasteiger partial charge is 0.326 e. The summed E-state index contributed by atoms with van der Waals surface area (Å²) >= 11 is 5.83. The van der Waals surface area contributed by atoms with Crippen molar-refractivity contribution in [1.82, 2.24) is 5.32 Å². The molecule has 0 saturated heterocycles. The minimum Gasteiger partial charge on any atom is -0.481 e. The molecular formula is C14H18ClNO5. The van der Waals surface area contributed by atoms with E-state index in [4.69, 9.17) is 26.6 Å². The third-order valence-electron chi connectivity index (χ3n) is 2.84. The van der Waals surface area contributed by atoms with Gasteiger partial charge in [-0.15, -0.1) is 0 Å². The zero-order chi connectivity index (χ0) is 16.0. The van der Waals surface area contributed by atoms with Crippen LogP contribution >= 0.6 is 11.6 Å². The van der Waals surface area contributed by atoms with Crippen LogP contribution < -0.4 is 10.1 Å². The summed E-state index contributed by atoms with van der Waals surface area (Å²) < 4.78 is 5.49. The Hall–Kier alpha value is -1.79. The van der Waals surface area contributed by atoms with Crippen molar-refractivity contribution in [3.63, 3.8) is 0 Å². The molecule has 0 radical (unpaired) electrons. The lowest BCUT2D eigenvalue weighted by atomic mass is 10.2. The number of carboxylic acid groups (broad SMARTS) is 1. The quantitative estimate of drug-likeness (QED) is 0.706. The second kappa shape index (κ2) is 7.85. The maximum Gasteiger partial charge on any atom is 0.326 e. The number of nitrogens with one attached hydrogen (secondary N) is 1. The molecule has 2 atom stereocenters. The SMILES string of the molecule is Cc1cc(Cl)ccc1OC(C)C(=O)NC(CCO)C(=O)O. The largest absolute Gasteiger partial charge is 0.481 e. The first kappa shape index (κ1) is 17.3. The van der Waals surface area contributed by atoms with Gasteiger partial charge in [0.2, 0.25) is 0 Å². The fourth-order valence-electron chi connectivity index (χ4n) is 1.66. The summed E-state index contributed by atoms with van der Waals surface area (Å²) in [4.78, 5) is 22.8.